The first kappa shape index (κ1) is 12.9. The first-order valence-electron chi connectivity index (χ1n) is 5.98. The van der Waals surface area contributed by atoms with Gasteiger partial charge in [-0.05, 0) is 41.8 Å². The van der Waals surface area contributed by atoms with E-state index in [4.69, 9.17) is 0 Å². The minimum Gasteiger partial charge on any atom is -0.318 e. The fraction of sp³-hybridized carbons (Fsp3) is 1.00. The van der Waals surface area contributed by atoms with Gasteiger partial charge in [-0.1, -0.05) is 0 Å². The molecule has 90 valence electrons. The van der Waals surface area contributed by atoms with E-state index in [2.05, 4.69) is 49.9 Å². The topological polar surface area (TPSA) is 18.5 Å². The van der Waals surface area contributed by atoms with Gasteiger partial charge in [0, 0.05) is 37.3 Å². The van der Waals surface area contributed by atoms with E-state index in [-0.39, 0.29) is 0 Å². The highest BCUT2D eigenvalue weighted by Crippen LogP contribution is 2.21. The summed E-state index contributed by atoms with van der Waals surface area (Å²) in [6.45, 7) is 12.7. The zero-order valence-electron chi connectivity index (χ0n) is 11.2. The number of hydrogen-bond acceptors (Lipinski definition) is 3. The zero-order valence-corrected chi connectivity index (χ0v) is 11.2. The Morgan fingerprint density at radius 2 is 1.87 bits per heavy atom. The number of nitrogens with one attached hydrogen (secondary N) is 1. The van der Waals surface area contributed by atoms with Crippen LogP contribution in [0.4, 0.5) is 0 Å². The Bertz CT molecular complexity index is 198. The van der Waals surface area contributed by atoms with Crippen LogP contribution in [0.2, 0.25) is 0 Å². The van der Waals surface area contributed by atoms with Gasteiger partial charge in [-0.2, -0.15) is 0 Å². The summed E-state index contributed by atoms with van der Waals surface area (Å²) in [5, 5.41) is 3.29. The number of piperazine rings is 1. The Morgan fingerprint density at radius 3 is 2.33 bits per heavy atom. The zero-order chi connectivity index (χ0) is 11.6. The molecule has 1 rings (SSSR count). The third kappa shape index (κ3) is 3.16. The molecule has 0 bridgehead atoms. The van der Waals surface area contributed by atoms with Gasteiger partial charge in [-0.15, -0.1) is 0 Å². The average molecular weight is 213 g/mol. The van der Waals surface area contributed by atoms with E-state index < -0.39 is 0 Å². The summed E-state index contributed by atoms with van der Waals surface area (Å²) in [6, 6.07) is 1.29. The van der Waals surface area contributed by atoms with Crippen LogP contribution in [0.25, 0.3) is 0 Å². The molecule has 1 fully saturated rings. The van der Waals surface area contributed by atoms with Crippen LogP contribution in [-0.2, 0) is 0 Å². The molecular weight excluding hydrogens is 186 g/mol. The molecule has 0 amide bonds. The second-order valence-electron chi connectivity index (χ2n) is 5.80. The summed E-state index contributed by atoms with van der Waals surface area (Å²) in [6.07, 6.45) is 0. The Hall–Kier alpha value is -0.120. The number of rotatable bonds is 2. The van der Waals surface area contributed by atoms with Crippen LogP contribution in [0.3, 0.4) is 0 Å². The highest BCUT2D eigenvalue weighted by molar-refractivity contribution is 4.91. The normalized spacial score (nSPS) is 30.8. The Labute approximate surface area is 94.8 Å². The van der Waals surface area contributed by atoms with Crippen molar-refractivity contribution < 1.29 is 0 Å². The number of nitrogens with zero attached hydrogens (tertiary/aromatic N) is 2. The van der Waals surface area contributed by atoms with E-state index in [1.54, 1.807) is 0 Å². The third-order valence-electron chi connectivity index (χ3n) is 3.58. The van der Waals surface area contributed by atoms with Crippen molar-refractivity contribution in [3.8, 4) is 0 Å². The van der Waals surface area contributed by atoms with Crippen molar-refractivity contribution in [2.45, 2.75) is 45.3 Å². The maximum atomic E-state index is 3.29. The monoisotopic (exact) mass is 213 g/mol. The minimum absolute atomic E-state index is 0.293. The Morgan fingerprint density at radius 1 is 1.27 bits per heavy atom. The summed E-state index contributed by atoms with van der Waals surface area (Å²) >= 11 is 0. The molecule has 3 heteroatoms. The van der Waals surface area contributed by atoms with Crippen LogP contribution in [0.5, 0.6) is 0 Å². The molecule has 0 radical (unpaired) electrons. The molecule has 0 aliphatic carbocycles. The fourth-order valence-corrected chi connectivity index (χ4v) is 2.26. The maximum absolute atomic E-state index is 3.29. The summed E-state index contributed by atoms with van der Waals surface area (Å²) < 4.78 is 0. The Balaban J connectivity index is 2.66. The lowest BCUT2D eigenvalue weighted by Gasteiger charge is -2.49. The van der Waals surface area contributed by atoms with Crippen molar-refractivity contribution in [3.63, 3.8) is 0 Å². The SMILES string of the molecule is CNCC1CN(C(C)(C)C)CC(C)N1C. The lowest BCUT2D eigenvalue weighted by molar-refractivity contribution is 0.00355. The summed E-state index contributed by atoms with van der Waals surface area (Å²) in [4.78, 5) is 5.10. The van der Waals surface area contributed by atoms with Gasteiger partial charge in [0.25, 0.3) is 0 Å². The largest absolute Gasteiger partial charge is 0.318 e. The Kier molecular flexibility index (Phi) is 4.15. The molecule has 1 aliphatic heterocycles. The van der Waals surface area contributed by atoms with Crippen molar-refractivity contribution in [1.82, 2.24) is 15.1 Å². The van der Waals surface area contributed by atoms with Crippen LogP contribution >= 0.6 is 0 Å². The molecule has 15 heavy (non-hydrogen) atoms. The van der Waals surface area contributed by atoms with Crippen LogP contribution in [0, 0.1) is 0 Å². The first-order valence-corrected chi connectivity index (χ1v) is 5.98. The molecule has 1 saturated heterocycles. The second kappa shape index (κ2) is 4.81. The number of likely N-dealkylation sites (N-methyl/N-ethyl adjacent to an activating group) is 2. The molecule has 3 nitrogen and oxygen atoms in total. The van der Waals surface area contributed by atoms with Gasteiger partial charge in [0.2, 0.25) is 0 Å². The van der Waals surface area contributed by atoms with E-state index in [1.165, 1.54) is 13.1 Å². The van der Waals surface area contributed by atoms with Gasteiger partial charge >= 0.3 is 0 Å². The van der Waals surface area contributed by atoms with Gasteiger partial charge in [0.05, 0.1) is 0 Å². The molecule has 0 spiro atoms. The van der Waals surface area contributed by atoms with Crippen LogP contribution in [-0.4, -0.2) is 61.2 Å². The van der Waals surface area contributed by atoms with E-state index in [0.29, 0.717) is 17.6 Å². The first-order chi connectivity index (χ1) is 6.86. The fourth-order valence-electron chi connectivity index (χ4n) is 2.26. The quantitative estimate of drug-likeness (QED) is 0.738. The van der Waals surface area contributed by atoms with E-state index in [9.17, 15) is 0 Å². The standard InChI is InChI=1S/C12H27N3/c1-10-8-15(12(2,3)4)9-11(7-13-5)14(10)6/h10-11,13H,7-9H2,1-6H3. The van der Waals surface area contributed by atoms with Crippen molar-refractivity contribution in [1.29, 1.82) is 0 Å². The molecule has 1 aliphatic rings. The lowest BCUT2D eigenvalue weighted by Crippen LogP contribution is -2.62. The average Bonchev–Trinajstić information content (AvgIpc) is 2.11. The van der Waals surface area contributed by atoms with Crippen molar-refractivity contribution in [2.75, 3.05) is 33.7 Å². The predicted molar refractivity (Wildman–Crippen MR) is 66.3 cm³/mol. The lowest BCUT2D eigenvalue weighted by atomic mass is 9.99. The van der Waals surface area contributed by atoms with Gasteiger partial charge in [-0.3, -0.25) is 9.80 Å². The predicted octanol–water partition coefficient (Wildman–Crippen LogP) is 1.01. The van der Waals surface area contributed by atoms with Crippen LogP contribution in [0.1, 0.15) is 27.7 Å². The molecule has 1 N–H and O–H groups in total. The van der Waals surface area contributed by atoms with E-state index >= 15 is 0 Å². The summed E-state index contributed by atoms with van der Waals surface area (Å²) in [5.74, 6) is 0. The molecule has 2 atom stereocenters. The van der Waals surface area contributed by atoms with Crippen molar-refractivity contribution >= 4 is 0 Å². The summed E-state index contributed by atoms with van der Waals surface area (Å²) in [7, 11) is 4.28. The highest BCUT2D eigenvalue weighted by Gasteiger charge is 2.33. The minimum atomic E-state index is 0.293. The molecule has 0 aromatic carbocycles. The molecule has 2 unspecified atom stereocenters. The molecule has 1 heterocycles. The van der Waals surface area contributed by atoms with Gasteiger partial charge in [-0.25, -0.2) is 0 Å². The van der Waals surface area contributed by atoms with Gasteiger partial charge in [0.15, 0.2) is 0 Å². The molecule has 0 saturated carbocycles. The van der Waals surface area contributed by atoms with Crippen molar-refractivity contribution in [3.05, 3.63) is 0 Å². The summed E-state index contributed by atoms with van der Waals surface area (Å²) in [5.41, 5.74) is 0.293. The number of hydrogen-bond donors (Lipinski definition) is 1. The van der Waals surface area contributed by atoms with Crippen LogP contribution < -0.4 is 5.32 Å². The van der Waals surface area contributed by atoms with Crippen molar-refractivity contribution in [2.24, 2.45) is 0 Å². The van der Waals surface area contributed by atoms with Gasteiger partial charge < -0.3 is 5.32 Å². The molecule has 0 aromatic heterocycles. The van der Waals surface area contributed by atoms with E-state index in [1.807, 2.05) is 7.05 Å². The molecule has 0 aromatic rings. The second-order valence-corrected chi connectivity index (χ2v) is 5.80. The maximum Gasteiger partial charge on any atom is 0.0348 e. The highest BCUT2D eigenvalue weighted by atomic mass is 15.3. The van der Waals surface area contributed by atoms with Crippen LogP contribution in [0.15, 0.2) is 0 Å². The smallest absolute Gasteiger partial charge is 0.0348 e. The third-order valence-corrected chi connectivity index (χ3v) is 3.58. The molecular formula is C12H27N3. The van der Waals surface area contributed by atoms with Gasteiger partial charge in [0.1, 0.15) is 0 Å². The van der Waals surface area contributed by atoms with E-state index in [0.717, 1.165) is 6.54 Å².